The van der Waals surface area contributed by atoms with Crippen LogP contribution in [-0.4, -0.2) is 11.7 Å². The molecule has 1 atom stereocenters. The van der Waals surface area contributed by atoms with E-state index in [1.807, 2.05) is 20.8 Å². The fourth-order valence-electron chi connectivity index (χ4n) is 2.56. The maximum absolute atomic E-state index is 12.1. The Morgan fingerprint density at radius 2 is 2.00 bits per heavy atom. The Morgan fingerprint density at radius 1 is 1.33 bits per heavy atom. The highest BCUT2D eigenvalue weighted by molar-refractivity contribution is 6.36. The van der Waals surface area contributed by atoms with Gasteiger partial charge in [-0.05, 0) is 30.0 Å². The number of hydrogen-bond acceptors (Lipinski definition) is 2. The Bertz CT molecular complexity index is 591. The van der Waals surface area contributed by atoms with Crippen molar-refractivity contribution in [1.82, 2.24) is 0 Å². The van der Waals surface area contributed by atoms with Crippen LogP contribution < -0.4 is 5.32 Å². The highest BCUT2D eigenvalue weighted by Crippen LogP contribution is 2.42. The summed E-state index contributed by atoms with van der Waals surface area (Å²) in [6, 6.07) is 3.39. The van der Waals surface area contributed by atoms with Crippen molar-refractivity contribution in [2.45, 2.75) is 46.0 Å². The van der Waals surface area contributed by atoms with Crippen LogP contribution in [0.1, 0.15) is 51.5 Å². The molecule has 0 spiro atoms. The van der Waals surface area contributed by atoms with E-state index in [1.165, 1.54) is 0 Å². The van der Waals surface area contributed by atoms with E-state index in [1.54, 1.807) is 12.1 Å². The van der Waals surface area contributed by atoms with Gasteiger partial charge in [-0.1, -0.05) is 44.0 Å². The molecule has 114 valence electrons. The van der Waals surface area contributed by atoms with Crippen molar-refractivity contribution in [3.63, 3.8) is 0 Å². The molecule has 1 amide bonds. The van der Waals surface area contributed by atoms with E-state index < -0.39 is 0 Å². The van der Waals surface area contributed by atoms with Gasteiger partial charge in [-0.25, -0.2) is 0 Å². The fraction of sp³-hybridized carbons (Fsp3) is 0.500. The van der Waals surface area contributed by atoms with Gasteiger partial charge in [0.05, 0.1) is 0 Å². The van der Waals surface area contributed by atoms with Crippen molar-refractivity contribution in [2.75, 3.05) is 5.32 Å². The van der Waals surface area contributed by atoms with Gasteiger partial charge in [0.1, 0.15) is 5.78 Å². The molecule has 21 heavy (non-hydrogen) atoms. The van der Waals surface area contributed by atoms with E-state index >= 15 is 0 Å². The molecule has 0 aliphatic carbocycles. The molecular weight excluding hydrogens is 309 g/mol. The summed E-state index contributed by atoms with van der Waals surface area (Å²) in [5, 5.41) is 3.83. The number of carbonyl (C=O) groups is 2. The molecule has 5 heteroatoms. The van der Waals surface area contributed by atoms with E-state index in [-0.39, 0.29) is 23.0 Å². The van der Waals surface area contributed by atoms with Gasteiger partial charge in [0.2, 0.25) is 5.91 Å². The molecule has 1 N–H and O–H groups in total. The maximum atomic E-state index is 12.1. The predicted molar refractivity (Wildman–Crippen MR) is 86.1 cm³/mol. The molecule has 1 aromatic carbocycles. The largest absolute Gasteiger partial charge is 0.326 e. The average molecular weight is 328 g/mol. The highest BCUT2D eigenvalue weighted by atomic mass is 35.5. The minimum absolute atomic E-state index is 0.0372. The first kappa shape index (κ1) is 16.3. The van der Waals surface area contributed by atoms with Crippen LogP contribution in [0.25, 0.3) is 0 Å². The zero-order valence-corrected chi connectivity index (χ0v) is 13.9. The quantitative estimate of drug-likeness (QED) is 0.865. The number of amides is 1. The molecule has 3 nitrogen and oxygen atoms in total. The minimum Gasteiger partial charge on any atom is -0.326 e. The number of carbonyl (C=O) groups excluding carboxylic acids is 2. The number of nitrogens with one attached hydrogen (secondary N) is 1. The number of ketones is 1. The Labute approximate surface area is 135 Å². The lowest BCUT2D eigenvalue weighted by Crippen LogP contribution is -2.25. The first-order valence-corrected chi connectivity index (χ1v) is 7.76. The summed E-state index contributed by atoms with van der Waals surface area (Å²) in [5.74, 6) is 0.0963. The van der Waals surface area contributed by atoms with Crippen molar-refractivity contribution < 1.29 is 9.59 Å². The Morgan fingerprint density at radius 3 is 2.62 bits per heavy atom. The molecule has 0 saturated heterocycles. The number of hydrogen-bond donors (Lipinski definition) is 1. The van der Waals surface area contributed by atoms with E-state index in [2.05, 4.69) is 5.32 Å². The number of anilines is 1. The Kier molecular flexibility index (Phi) is 4.64. The second-order valence-corrected chi connectivity index (χ2v) is 7.35. The van der Waals surface area contributed by atoms with Crippen LogP contribution in [0.2, 0.25) is 10.0 Å². The maximum Gasteiger partial charge on any atom is 0.224 e. The molecule has 0 radical (unpaired) electrons. The fourth-order valence-corrected chi connectivity index (χ4v) is 3.20. The monoisotopic (exact) mass is 327 g/mol. The molecule has 1 aliphatic heterocycles. The van der Waals surface area contributed by atoms with Gasteiger partial charge in [0, 0.05) is 34.0 Å². The summed E-state index contributed by atoms with van der Waals surface area (Å²) in [7, 11) is 0. The van der Waals surface area contributed by atoms with Crippen LogP contribution in [0.3, 0.4) is 0 Å². The van der Waals surface area contributed by atoms with Gasteiger partial charge in [0.15, 0.2) is 0 Å². The van der Waals surface area contributed by atoms with Crippen molar-refractivity contribution >= 4 is 40.6 Å². The third-order valence-electron chi connectivity index (χ3n) is 3.76. The number of rotatable bonds is 3. The SMILES string of the molecule is CC(C)(C)C(=O)CCC1CC(=O)Nc2cc(Cl)cc(Cl)c21. The van der Waals surface area contributed by atoms with Gasteiger partial charge in [-0.2, -0.15) is 0 Å². The van der Waals surface area contributed by atoms with Crippen LogP contribution in [0.5, 0.6) is 0 Å². The third kappa shape index (κ3) is 3.78. The van der Waals surface area contributed by atoms with Crippen LogP contribution in [0, 0.1) is 5.41 Å². The summed E-state index contributed by atoms with van der Waals surface area (Å²) < 4.78 is 0. The van der Waals surface area contributed by atoms with Gasteiger partial charge in [-0.3, -0.25) is 9.59 Å². The molecule has 0 bridgehead atoms. The van der Waals surface area contributed by atoms with Crippen molar-refractivity contribution in [1.29, 1.82) is 0 Å². The normalized spacial score (nSPS) is 18.1. The summed E-state index contributed by atoms with van der Waals surface area (Å²) in [6.45, 7) is 5.72. The van der Waals surface area contributed by atoms with Crippen molar-refractivity contribution in [3.8, 4) is 0 Å². The van der Waals surface area contributed by atoms with E-state index in [4.69, 9.17) is 23.2 Å². The third-order valence-corrected chi connectivity index (χ3v) is 4.30. The first-order valence-electron chi connectivity index (χ1n) is 7.00. The van der Waals surface area contributed by atoms with Crippen LogP contribution >= 0.6 is 23.2 Å². The average Bonchev–Trinajstić information content (AvgIpc) is 2.32. The number of Topliss-reactive ketones (excluding diaryl/α,β-unsaturated/α-hetero) is 1. The Hall–Kier alpha value is -1.06. The second-order valence-electron chi connectivity index (χ2n) is 6.51. The lowest BCUT2D eigenvalue weighted by Gasteiger charge is -2.27. The molecule has 1 aromatic rings. The van der Waals surface area contributed by atoms with Gasteiger partial charge in [-0.15, -0.1) is 0 Å². The van der Waals surface area contributed by atoms with Crippen LogP contribution in [0.15, 0.2) is 12.1 Å². The van der Waals surface area contributed by atoms with Crippen LogP contribution in [0.4, 0.5) is 5.69 Å². The first-order chi connectivity index (χ1) is 9.68. The molecule has 0 saturated carbocycles. The van der Waals surface area contributed by atoms with Gasteiger partial charge < -0.3 is 5.32 Å². The van der Waals surface area contributed by atoms with Crippen molar-refractivity contribution in [2.24, 2.45) is 5.41 Å². The lowest BCUT2D eigenvalue weighted by atomic mass is 9.82. The smallest absolute Gasteiger partial charge is 0.224 e. The number of fused-ring (bicyclic) bond motifs is 1. The van der Waals surface area contributed by atoms with E-state index in [9.17, 15) is 9.59 Å². The molecule has 1 heterocycles. The summed E-state index contributed by atoms with van der Waals surface area (Å²) >= 11 is 12.2. The van der Waals surface area contributed by atoms with Crippen molar-refractivity contribution in [3.05, 3.63) is 27.7 Å². The second kappa shape index (κ2) is 5.98. The minimum atomic E-state index is -0.358. The zero-order valence-electron chi connectivity index (χ0n) is 12.4. The summed E-state index contributed by atoms with van der Waals surface area (Å²) in [4.78, 5) is 23.9. The van der Waals surface area contributed by atoms with Gasteiger partial charge >= 0.3 is 0 Å². The Balaban J connectivity index is 2.23. The zero-order chi connectivity index (χ0) is 15.8. The number of halogens is 2. The molecule has 1 aliphatic rings. The van der Waals surface area contributed by atoms with E-state index in [0.717, 1.165) is 5.56 Å². The number of benzene rings is 1. The topological polar surface area (TPSA) is 46.2 Å². The highest BCUT2D eigenvalue weighted by Gasteiger charge is 2.29. The standard InChI is InChI=1S/C16H19Cl2NO2/c1-16(2,3)13(20)5-4-9-6-14(21)19-12-8-10(17)7-11(18)15(9)12/h7-9H,4-6H2,1-3H3,(H,19,21). The molecule has 0 fully saturated rings. The van der Waals surface area contributed by atoms with Gasteiger partial charge in [0.25, 0.3) is 0 Å². The molecule has 2 rings (SSSR count). The molecular formula is C16H19Cl2NO2. The summed E-state index contributed by atoms with van der Waals surface area (Å²) in [6.07, 6.45) is 1.42. The van der Waals surface area contributed by atoms with Crippen LogP contribution in [-0.2, 0) is 9.59 Å². The van der Waals surface area contributed by atoms with E-state index in [0.29, 0.717) is 35.0 Å². The molecule has 1 unspecified atom stereocenters. The lowest BCUT2D eigenvalue weighted by molar-refractivity contribution is -0.126. The molecule has 0 aromatic heterocycles. The predicted octanol–water partition coefficient (Wildman–Crippen LogP) is 4.81. The summed E-state index contributed by atoms with van der Waals surface area (Å²) in [5.41, 5.74) is 1.20.